The van der Waals surface area contributed by atoms with Crippen LogP contribution in [0, 0.1) is 0 Å². The summed E-state index contributed by atoms with van der Waals surface area (Å²) in [7, 11) is -3.12. The third kappa shape index (κ3) is 1.89. The van der Waals surface area contributed by atoms with Crippen LogP contribution in [-0.2, 0) is 9.84 Å². The van der Waals surface area contributed by atoms with Gasteiger partial charge in [0.15, 0.2) is 9.84 Å². The molecule has 16 heavy (non-hydrogen) atoms. The lowest BCUT2D eigenvalue weighted by Gasteiger charge is -2.12. The van der Waals surface area contributed by atoms with Crippen molar-refractivity contribution in [3.63, 3.8) is 0 Å². The lowest BCUT2D eigenvalue weighted by molar-refractivity contribution is 0.137. The van der Waals surface area contributed by atoms with Gasteiger partial charge in [0, 0.05) is 0 Å². The number of aromatic nitrogens is 2. The minimum atomic E-state index is -3.12. The number of alkyl halides is 2. The van der Waals surface area contributed by atoms with Gasteiger partial charge in [0.25, 0.3) is 6.43 Å². The fourth-order valence-corrected chi connectivity index (χ4v) is 3.56. The number of nitrogen functional groups attached to an aromatic ring is 1. The number of nitrogens with zero attached hydrogens (tertiary/aromatic N) is 2. The Labute approximate surface area is 91.2 Å². The highest BCUT2D eigenvalue weighted by Crippen LogP contribution is 2.31. The molecule has 0 radical (unpaired) electrons. The molecular weight excluding hydrogens is 240 g/mol. The molecule has 2 rings (SSSR count). The maximum Gasteiger partial charge on any atom is 0.282 e. The van der Waals surface area contributed by atoms with Crippen molar-refractivity contribution >= 4 is 15.5 Å². The number of halogens is 2. The minimum Gasteiger partial charge on any atom is -0.396 e. The largest absolute Gasteiger partial charge is 0.396 e. The van der Waals surface area contributed by atoms with Gasteiger partial charge in [-0.25, -0.2) is 17.2 Å². The van der Waals surface area contributed by atoms with E-state index in [-0.39, 0.29) is 22.9 Å². The quantitative estimate of drug-likeness (QED) is 0.841. The average molecular weight is 251 g/mol. The van der Waals surface area contributed by atoms with Gasteiger partial charge < -0.3 is 5.73 Å². The molecule has 1 unspecified atom stereocenters. The van der Waals surface area contributed by atoms with Crippen molar-refractivity contribution in [3.05, 3.63) is 11.9 Å². The zero-order valence-corrected chi connectivity index (χ0v) is 9.12. The maximum atomic E-state index is 12.7. The molecule has 8 heteroatoms. The van der Waals surface area contributed by atoms with Crippen molar-refractivity contribution in [2.24, 2.45) is 0 Å². The van der Waals surface area contributed by atoms with E-state index in [2.05, 4.69) is 5.10 Å². The van der Waals surface area contributed by atoms with Gasteiger partial charge in [-0.2, -0.15) is 5.10 Å². The molecule has 90 valence electrons. The molecular formula is C8H11F2N3O2S. The molecule has 1 aromatic heterocycles. The first-order valence-corrected chi connectivity index (χ1v) is 6.54. The number of nitrogens with two attached hydrogens (primary N) is 1. The first kappa shape index (κ1) is 11.3. The fourth-order valence-electron chi connectivity index (χ4n) is 1.87. The molecule has 5 nitrogen and oxygen atoms in total. The molecule has 1 fully saturated rings. The Kier molecular flexibility index (Phi) is 2.61. The number of sulfone groups is 1. The zero-order valence-electron chi connectivity index (χ0n) is 8.31. The van der Waals surface area contributed by atoms with Crippen molar-refractivity contribution in [2.75, 3.05) is 17.2 Å². The Balaban J connectivity index is 2.35. The molecule has 1 aliphatic heterocycles. The second-order valence-electron chi connectivity index (χ2n) is 3.79. The van der Waals surface area contributed by atoms with E-state index in [4.69, 9.17) is 5.73 Å². The molecule has 2 N–H and O–H groups in total. The van der Waals surface area contributed by atoms with E-state index in [1.54, 1.807) is 0 Å². The SMILES string of the molecule is Nc1cnn(C2CCS(=O)(=O)C2)c1C(F)F. The Morgan fingerprint density at radius 2 is 2.25 bits per heavy atom. The summed E-state index contributed by atoms with van der Waals surface area (Å²) in [6.07, 6.45) is -1.30. The topological polar surface area (TPSA) is 78.0 Å². The van der Waals surface area contributed by atoms with E-state index >= 15 is 0 Å². The van der Waals surface area contributed by atoms with Crippen LogP contribution in [0.4, 0.5) is 14.5 Å². The summed E-state index contributed by atoms with van der Waals surface area (Å²) >= 11 is 0. The van der Waals surface area contributed by atoms with Crippen LogP contribution in [0.1, 0.15) is 24.6 Å². The van der Waals surface area contributed by atoms with E-state index in [1.807, 2.05) is 0 Å². The standard InChI is InChI=1S/C8H11F2N3O2S/c9-8(10)7-6(11)3-12-13(7)5-1-2-16(14,15)4-5/h3,5,8H,1-2,4,11H2. The molecule has 1 saturated heterocycles. The monoisotopic (exact) mass is 251 g/mol. The van der Waals surface area contributed by atoms with Crippen molar-refractivity contribution in [1.82, 2.24) is 9.78 Å². The number of hydrogen-bond donors (Lipinski definition) is 1. The summed E-state index contributed by atoms with van der Waals surface area (Å²) in [5, 5.41) is 3.73. The lowest BCUT2D eigenvalue weighted by atomic mass is 10.2. The molecule has 2 heterocycles. The smallest absolute Gasteiger partial charge is 0.282 e. The average Bonchev–Trinajstić information content (AvgIpc) is 2.68. The molecule has 0 amide bonds. The van der Waals surface area contributed by atoms with E-state index in [0.29, 0.717) is 6.42 Å². The highest BCUT2D eigenvalue weighted by atomic mass is 32.2. The molecule has 0 aliphatic carbocycles. The molecule has 0 bridgehead atoms. The van der Waals surface area contributed by atoms with Crippen LogP contribution in [0.5, 0.6) is 0 Å². The first-order chi connectivity index (χ1) is 7.41. The fraction of sp³-hybridized carbons (Fsp3) is 0.625. The molecule has 0 spiro atoms. The van der Waals surface area contributed by atoms with Crippen LogP contribution in [0.25, 0.3) is 0 Å². The van der Waals surface area contributed by atoms with Crippen LogP contribution in [0.15, 0.2) is 6.20 Å². The lowest BCUT2D eigenvalue weighted by Crippen LogP contribution is -2.15. The Bertz CT molecular complexity index is 497. The summed E-state index contributed by atoms with van der Waals surface area (Å²) in [4.78, 5) is 0. The zero-order chi connectivity index (χ0) is 11.9. The molecule has 0 saturated carbocycles. The predicted molar refractivity (Wildman–Crippen MR) is 53.9 cm³/mol. The number of hydrogen-bond acceptors (Lipinski definition) is 4. The Morgan fingerprint density at radius 3 is 2.75 bits per heavy atom. The summed E-state index contributed by atoms with van der Waals surface area (Å²) in [6, 6.07) is -0.522. The van der Waals surface area contributed by atoms with Gasteiger partial charge in [-0.1, -0.05) is 0 Å². The van der Waals surface area contributed by atoms with Crippen LogP contribution in [-0.4, -0.2) is 29.7 Å². The minimum absolute atomic E-state index is 0.0140. The summed E-state index contributed by atoms with van der Waals surface area (Å²) in [5.74, 6) is -0.131. The van der Waals surface area contributed by atoms with Crippen molar-refractivity contribution < 1.29 is 17.2 Å². The van der Waals surface area contributed by atoms with Gasteiger partial charge in [-0.15, -0.1) is 0 Å². The third-order valence-electron chi connectivity index (χ3n) is 2.62. The van der Waals surface area contributed by atoms with E-state index < -0.39 is 22.3 Å². The van der Waals surface area contributed by atoms with Gasteiger partial charge in [-0.05, 0) is 6.42 Å². The summed E-state index contributed by atoms with van der Waals surface area (Å²) in [5.41, 5.74) is 4.88. The molecule has 0 aromatic carbocycles. The van der Waals surface area contributed by atoms with Crippen LogP contribution in [0.2, 0.25) is 0 Å². The number of rotatable bonds is 2. The van der Waals surface area contributed by atoms with E-state index in [0.717, 1.165) is 10.9 Å². The molecule has 1 aromatic rings. The summed E-state index contributed by atoms with van der Waals surface area (Å²) < 4.78 is 48.9. The van der Waals surface area contributed by atoms with Crippen molar-refractivity contribution in [3.8, 4) is 0 Å². The van der Waals surface area contributed by atoms with Gasteiger partial charge in [0.05, 0.1) is 29.4 Å². The van der Waals surface area contributed by atoms with E-state index in [1.165, 1.54) is 0 Å². The van der Waals surface area contributed by atoms with Gasteiger partial charge in [0.2, 0.25) is 0 Å². The number of anilines is 1. The van der Waals surface area contributed by atoms with Crippen LogP contribution in [0.3, 0.4) is 0 Å². The maximum absolute atomic E-state index is 12.7. The second-order valence-corrected chi connectivity index (χ2v) is 6.02. The highest BCUT2D eigenvalue weighted by molar-refractivity contribution is 7.91. The Hall–Kier alpha value is -1.18. The van der Waals surface area contributed by atoms with Crippen molar-refractivity contribution in [1.29, 1.82) is 0 Å². The Morgan fingerprint density at radius 1 is 1.56 bits per heavy atom. The van der Waals surface area contributed by atoms with Gasteiger partial charge in [0.1, 0.15) is 5.69 Å². The third-order valence-corrected chi connectivity index (χ3v) is 4.38. The normalized spacial score (nSPS) is 24.1. The van der Waals surface area contributed by atoms with Crippen LogP contribution < -0.4 is 5.73 Å². The van der Waals surface area contributed by atoms with Crippen LogP contribution >= 0.6 is 0 Å². The van der Waals surface area contributed by atoms with E-state index in [9.17, 15) is 17.2 Å². The second kappa shape index (κ2) is 3.69. The van der Waals surface area contributed by atoms with Gasteiger partial charge in [-0.3, -0.25) is 4.68 Å². The van der Waals surface area contributed by atoms with Crippen molar-refractivity contribution in [2.45, 2.75) is 18.9 Å². The first-order valence-electron chi connectivity index (χ1n) is 4.72. The van der Waals surface area contributed by atoms with Gasteiger partial charge >= 0.3 is 0 Å². The highest BCUT2D eigenvalue weighted by Gasteiger charge is 2.33. The molecule has 1 atom stereocenters. The molecule has 1 aliphatic rings. The summed E-state index contributed by atoms with van der Waals surface area (Å²) in [6.45, 7) is 0. The predicted octanol–water partition coefficient (Wildman–Crippen LogP) is 0.763.